The maximum absolute atomic E-state index is 9.20. The first-order valence-corrected chi connectivity index (χ1v) is 5.32. The Bertz CT molecular complexity index is 474. The number of fused-ring (bicyclic) bond motifs is 1. The smallest absolute Gasteiger partial charge is 0.0497 e. The predicted octanol–water partition coefficient (Wildman–Crippen LogP) is 3.24. The largest absolute Gasteiger partial charge is 0.396 e. The fraction of sp³-hybridized carbons (Fsp3) is 0.286. The quantitative estimate of drug-likeness (QED) is 0.789. The van der Waals surface area contributed by atoms with E-state index in [9.17, 15) is 5.11 Å². The predicted molar refractivity (Wildman–Crippen MR) is 64.2 cm³/mol. The first kappa shape index (κ1) is 10.2. The average Bonchev–Trinajstić information content (AvgIpc) is 2.26. The summed E-state index contributed by atoms with van der Waals surface area (Å²) in [5.74, 6) is 0.205. The Hall–Kier alpha value is -1.34. The van der Waals surface area contributed by atoms with Gasteiger partial charge in [-0.15, -0.1) is 0 Å². The molecule has 0 heterocycles. The van der Waals surface area contributed by atoms with E-state index in [4.69, 9.17) is 0 Å². The molecule has 2 aromatic rings. The molecule has 0 spiro atoms. The third-order valence-electron chi connectivity index (χ3n) is 2.87. The average molecular weight is 200 g/mol. The minimum Gasteiger partial charge on any atom is -0.396 e. The Morgan fingerprint density at radius 2 is 2.00 bits per heavy atom. The lowest BCUT2D eigenvalue weighted by molar-refractivity contribution is 0.273. The van der Waals surface area contributed by atoms with Crippen molar-refractivity contribution in [1.29, 1.82) is 0 Å². The summed E-state index contributed by atoms with van der Waals surface area (Å²) < 4.78 is 0. The maximum Gasteiger partial charge on any atom is 0.0497 e. The Morgan fingerprint density at radius 1 is 1.20 bits per heavy atom. The number of hydrogen-bond donors (Lipinski definition) is 1. The van der Waals surface area contributed by atoms with Crippen molar-refractivity contribution in [3.8, 4) is 0 Å². The van der Waals surface area contributed by atoms with Crippen molar-refractivity contribution in [2.24, 2.45) is 0 Å². The van der Waals surface area contributed by atoms with Gasteiger partial charge in [-0.05, 0) is 23.3 Å². The van der Waals surface area contributed by atoms with Gasteiger partial charge in [-0.2, -0.15) is 0 Å². The van der Waals surface area contributed by atoms with E-state index in [1.807, 2.05) is 0 Å². The summed E-state index contributed by atoms with van der Waals surface area (Å²) in [6.45, 7) is 4.35. The van der Waals surface area contributed by atoms with Gasteiger partial charge in [0.2, 0.25) is 0 Å². The number of rotatable bonds is 2. The first-order valence-electron chi connectivity index (χ1n) is 5.32. The molecule has 0 amide bonds. The lowest BCUT2D eigenvalue weighted by atomic mass is 9.94. The van der Waals surface area contributed by atoms with E-state index in [2.05, 4.69) is 50.2 Å². The van der Waals surface area contributed by atoms with Gasteiger partial charge in [-0.3, -0.25) is 0 Å². The topological polar surface area (TPSA) is 20.2 Å². The van der Waals surface area contributed by atoms with E-state index in [-0.39, 0.29) is 12.5 Å². The zero-order chi connectivity index (χ0) is 10.8. The van der Waals surface area contributed by atoms with E-state index in [0.29, 0.717) is 0 Å². The van der Waals surface area contributed by atoms with Crippen molar-refractivity contribution >= 4 is 10.8 Å². The van der Waals surface area contributed by atoms with Crippen molar-refractivity contribution in [1.82, 2.24) is 0 Å². The Labute approximate surface area is 90.4 Å². The van der Waals surface area contributed by atoms with Gasteiger partial charge in [0.05, 0.1) is 0 Å². The van der Waals surface area contributed by atoms with E-state index < -0.39 is 0 Å². The summed E-state index contributed by atoms with van der Waals surface area (Å²) in [7, 11) is 0. The van der Waals surface area contributed by atoms with Crippen molar-refractivity contribution in [2.75, 3.05) is 6.61 Å². The number of benzene rings is 2. The van der Waals surface area contributed by atoms with Gasteiger partial charge in [0.1, 0.15) is 0 Å². The van der Waals surface area contributed by atoms with E-state index in [0.717, 1.165) is 0 Å². The number of hydrogen-bond acceptors (Lipinski definition) is 1. The third kappa shape index (κ3) is 1.88. The maximum atomic E-state index is 9.20. The van der Waals surface area contributed by atoms with Crippen LogP contribution in [0.25, 0.3) is 10.8 Å². The van der Waals surface area contributed by atoms with E-state index in [1.54, 1.807) is 0 Å². The molecule has 0 aliphatic carbocycles. The lowest BCUT2D eigenvalue weighted by Crippen LogP contribution is -1.99. The van der Waals surface area contributed by atoms with Crippen LogP contribution in [0.2, 0.25) is 0 Å². The summed E-state index contributed by atoms with van der Waals surface area (Å²) in [5, 5.41) is 11.7. The van der Waals surface area contributed by atoms with Crippen molar-refractivity contribution in [2.45, 2.75) is 19.8 Å². The molecule has 78 valence electrons. The van der Waals surface area contributed by atoms with Crippen LogP contribution in [0, 0.1) is 6.92 Å². The first-order chi connectivity index (χ1) is 7.22. The molecule has 0 fully saturated rings. The highest BCUT2D eigenvalue weighted by Crippen LogP contribution is 2.25. The molecular weight excluding hydrogens is 184 g/mol. The van der Waals surface area contributed by atoms with Gasteiger partial charge in [-0.25, -0.2) is 0 Å². The molecule has 2 rings (SSSR count). The van der Waals surface area contributed by atoms with E-state index in [1.165, 1.54) is 21.9 Å². The van der Waals surface area contributed by atoms with Crippen LogP contribution in [0.3, 0.4) is 0 Å². The van der Waals surface area contributed by atoms with Gasteiger partial charge in [0.25, 0.3) is 0 Å². The molecule has 1 N–H and O–H groups in total. The summed E-state index contributed by atoms with van der Waals surface area (Å²) in [5.41, 5.74) is 2.51. The van der Waals surface area contributed by atoms with Crippen LogP contribution in [0.1, 0.15) is 24.0 Å². The molecule has 2 aromatic carbocycles. The van der Waals surface area contributed by atoms with Crippen molar-refractivity contribution < 1.29 is 5.11 Å². The number of aliphatic hydroxyl groups is 1. The highest BCUT2D eigenvalue weighted by Gasteiger charge is 2.07. The highest BCUT2D eigenvalue weighted by molar-refractivity contribution is 5.86. The fourth-order valence-electron chi connectivity index (χ4n) is 1.96. The molecule has 1 atom stereocenters. The molecule has 1 unspecified atom stereocenters. The number of aryl methyl sites for hydroxylation is 1. The monoisotopic (exact) mass is 200 g/mol. The Balaban J connectivity index is 2.66. The van der Waals surface area contributed by atoms with Crippen LogP contribution in [0.4, 0.5) is 0 Å². The lowest BCUT2D eigenvalue weighted by Gasteiger charge is -2.12. The summed E-state index contributed by atoms with van der Waals surface area (Å²) >= 11 is 0. The zero-order valence-corrected chi connectivity index (χ0v) is 9.20. The van der Waals surface area contributed by atoms with Gasteiger partial charge in [-0.1, -0.05) is 48.9 Å². The molecule has 0 bridgehead atoms. The van der Waals surface area contributed by atoms with Gasteiger partial charge >= 0.3 is 0 Å². The molecule has 0 saturated heterocycles. The minimum absolute atomic E-state index is 0.201. The van der Waals surface area contributed by atoms with Crippen LogP contribution in [-0.2, 0) is 0 Å². The standard InChI is InChI=1S/C14H16O/c1-10-6-7-14-12(8-10)4-3-5-13(14)11(2)9-15/h3-8,11,15H,9H2,1-2H3. The second kappa shape index (κ2) is 4.03. The summed E-state index contributed by atoms with van der Waals surface area (Å²) in [4.78, 5) is 0. The fourth-order valence-corrected chi connectivity index (χ4v) is 1.96. The second-order valence-electron chi connectivity index (χ2n) is 4.16. The molecule has 1 nitrogen and oxygen atoms in total. The molecule has 1 heteroatoms. The molecular formula is C14H16O. The SMILES string of the molecule is Cc1ccc2c(C(C)CO)cccc2c1. The molecule has 0 aliphatic rings. The molecule has 0 saturated carbocycles. The van der Waals surface area contributed by atoms with Crippen molar-refractivity contribution in [3.63, 3.8) is 0 Å². The third-order valence-corrected chi connectivity index (χ3v) is 2.87. The highest BCUT2D eigenvalue weighted by atomic mass is 16.3. The summed E-state index contributed by atoms with van der Waals surface area (Å²) in [6, 6.07) is 12.7. The second-order valence-corrected chi connectivity index (χ2v) is 4.16. The zero-order valence-electron chi connectivity index (χ0n) is 9.20. The Kier molecular flexibility index (Phi) is 2.74. The summed E-state index contributed by atoms with van der Waals surface area (Å²) in [6.07, 6.45) is 0. The molecule has 15 heavy (non-hydrogen) atoms. The van der Waals surface area contributed by atoms with E-state index >= 15 is 0 Å². The molecule has 0 aliphatic heterocycles. The molecule has 0 radical (unpaired) electrons. The van der Waals surface area contributed by atoms with Gasteiger partial charge < -0.3 is 5.11 Å². The van der Waals surface area contributed by atoms with Gasteiger partial charge in [0, 0.05) is 12.5 Å². The van der Waals surface area contributed by atoms with Crippen molar-refractivity contribution in [3.05, 3.63) is 47.5 Å². The Morgan fingerprint density at radius 3 is 2.73 bits per heavy atom. The normalized spacial score (nSPS) is 13.0. The number of aliphatic hydroxyl groups excluding tert-OH is 1. The minimum atomic E-state index is 0.201. The molecule has 0 aromatic heterocycles. The van der Waals surface area contributed by atoms with Crippen LogP contribution < -0.4 is 0 Å². The van der Waals surface area contributed by atoms with Gasteiger partial charge in [0.15, 0.2) is 0 Å². The van der Waals surface area contributed by atoms with Crippen LogP contribution in [0.5, 0.6) is 0 Å². The van der Waals surface area contributed by atoms with Crippen LogP contribution >= 0.6 is 0 Å². The van der Waals surface area contributed by atoms with Crippen LogP contribution in [0.15, 0.2) is 36.4 Å². The van der Waals surface area contributed by atoms with Crippen LogP contribution in [-0.4, -0.2) is 11.7 Å².